The number of nitrogens with one attached hydrogen (secondary N) is 2. The Kier molecular flexibility index (Phi) is 2.57. The van der Waals surface area contributed by atoms with Crippen molar-refractivity contribution < 1.29 is 12.8 Å². The van der Waals surface area contributed by atoms with Gasteiger partial charge in [-0.3, -0.25) is 5.10 Å². The molecule has 0 aliphatic rings. The van der Waals surface area contributed by atoms with Crippen LogP contribution < -0.4 is 4.72 Å². The minimum Gasteiger partial charge on any atom is -0.468 e. The number of furan rings is 1. The molecule has 2 heterocycles. The molecule has 0 radical (unpaired) electrons. The molecule has 0 aliphatic heterocycles. The van der Waals surface area contributed by atoms with E-state index in [2.05, 4.69) is 14.9 Å². The maximum atomic E-state index is 11.6. The van der Waals surface area contributed by atoms with E-state index in [4.69, 9.17) is 4.42 Å². The van der Waals surface area contributed by atoms with Gasteiger partial charge in [0.05, 0.1) is 19.0 Å². The fraction of sp³-hybridized carbons (Fsp3) is 0.125. The van der Waals surface area contributed by atoms with E-state index in [0.717, 1.165) is 0 Å². The fourth-order valence-corrected chi connectivity index (χ4v) is 1.95. The summed E-state index contributed by atoms with van der Waals surface area (Å²) >= 11 is 0. The minimum absolute atomic E-state index is 0.106. The molecule has 80 valence electrons. The first-order valence-corrected chi connectivity index (χ1v) is 5.67. The highest BCUT2D eigenvalue weighted by molar-refractivity contribution is 7.89. The van der Waals surface area contributed by atoms with E-state index in [1.54, 1.807) is 12.1 Å². The first kappa shape index (κ1) is 9.94. The second kappa shape index (κ2) is 3.87. The Labute approximate surface area is 86.4 Å². The molecule has 0 saturated carbocycles. The van der Waals surface area contributed by atoms with Crippen LogP contribution in [0.15, 0.2) is 40.1 Å². The number of hydrogen-bond donors (Lipinski definition) is 2. The number of aromatic nitrogens is 2. The smallest absolute Gasteiger partial charge is 0.244 e. The molecule has 0 fully saturated rings. The lowest BCUT2D eigenvalue weighted by Gasteiger charge is -2.01. The molecule has 7 heteroatoms. The van der Waals surface area contributed by atoms with Crippen LogP contribution in [-0.4, -0.2) is 18.6 Å². The van der Waals surface area contributed by atoms with E-state index < -0.39 is 10.0 Å². The number of nitrogens with zero attached hydrogens (tertiary/aromatic N) is 1. The molecule has 0 amide bonds. The Hall–Kier alpha value is -1.60. The molecule has 0 aromatic carbocycles. The lowest BCUT2D eigenvalue weighted by atomic mass is 10.5. The van der Waals surface area contributed by atoms with Crippen LogP contribution >= 0.6 is 0 Å². The molecular formula is C8H9N3O3S. The fourth-order valence-electron chi connectivity index (χ4n) is 1.05. The van der Waals surface area contributed by atoms with Crippen LogP contribution in [0, 0.1) is 0 Å². The van der Waals surface area contributed by atoms with Crippen LogP contribution in [0.5, 0.6) is 0 Å². The second-order valence-corrected chi connectivity index (χ2v) is 4.60. The summed E-state index contributed by atoms with van der Waals surface area (Å²) in [6.07, 6.45) is 4.04. The third-order valence-electron chi connectivity index (χ3n) is 1.80. The third kappa shape index (κ3) is 2.25. The zero-order valence-electron chi connectivity index (χ0n) is 7.67. The van der Waals surface area contributed by atoms with Crippen molar-refractivity contribution in [1.82, 2.24) is 14.9 Å². The molecule has 6 nitrogen and oxygen atoms in total. The molecule has 0 bridgehead atoms. The molecular weight excluding hydrogens is 218 g/mol. The van der Waals surface area contributed by atoms with Crippen molar-refractivity contribution in [2.45, 2.75) is 11.4 Å². The van der Waals surface area contributed by atoms with Gasteiger partial charge in [-0.05, 0) is 12.1 Å². The summed E-state index contributed by atoms with van der Waals surface area (Å²) in [5.41, 5.74) is 0. The van der Waals surface area contributed by atoms with Crippen molar-refractivity contribution in [2.75, 3.05) is 0 Å². The Morgan fingerprint density at radius 3 is 3.00 bits per heavy atom. The molecule has 15 heavy (non-hydrogen) atoms. The van der Waals surface area contributed by atoms with Gasteiger partial charge in [0.1, 0.15) is 10.7 Å². The van der Waals surface area contributed by atoms with Crippen molar-refractivity contribution in [3.05, 3.63) is 36.5 Å². The first-order chi connectivity index (χ1) is 7.18. The van der Waals surface area contributed by atoms with Gasteiger partial charge in [-0.25, -0.2) is 13.1 Å². The van der Waals surface area contributed by atoms with Gasteiger partial charge in [0.25, 0.3) is 0 Å². The summed E-state index contributed by atoms with van der Waals surface area (Å²) in [7, 11) is -3.50. The van der Waals surface area contributed by atoms with E-state index in [0.29, 0.717) is 5.76 Å². The van der Waals surface area contributed by atoms with Crippen LogP contribution in [0.1, 0.15) is 5.76 Å². The van der Waals surface area contributed by atoms with Crippen LogP contribution in [-0.2, 0) is 16.6 Å². The topological polar surface area (TPSA) is 88.0 Å². The van der Waals surface area contributed by atoms with Crippen LogP contribution in [0.4, 0.5) is 0 Å². The van der Waals surface area contributed by atoms with Crippen LogP contribution in [0.3, 0.4) is 0 Å². The molecule has 0 spiro atoms. The molecule has 2 rings (SSSR count). The second-order valence-electron chi connectivity index (χ2n) is 2.84. The average molecular weight is 227 g/mol. The summed E-state index contributed by atoms with van der Waals surface area (Å²) in [6.45, 7) is 0.126. The van der Waals surface area contributed by atoms with Gasteiger partial charge < -0.3 is 4.42 Å². The van der Waals surface area contributed by atoms with Gasteiger partial charge in [0.2, 0.25) is 10.0 Å². The van der Waals surface area contributed by atoms with E-state index in [-0.39, 0.29) is 11.4 Å². The van der Waals surface area contributed by atoms with Gasteiger partial charge in [0.15, 0.2) is 0 Å². The van der Waals surface area contributed by atoms with Crippen LogP contribution in [0.25, 0.3) is 0 Å². The monoisotopic (exact) mass is 227 g/mol. The molecule has 2 aromatic rings. The lowest BCUT2D eigenvalue weighted by molar-refractivity contribution is 0.498. The quantitative estimate of drug-likeness (QED) is 0.795. The van der Waals surface area contributed by atoms with E-state index in [1.165, 1.54) is 18.7 Å². The summed E-state index contributed by atoms with van der Waals surface area (Å²) in [5.74, 6) is 0.557. The standard InChI is InChI=1S/C8H9N3O3S/c12-15(13,8-5-9-10-6-8)11-4-7-2-1-3-14-7/h1-3,5-6,11H,4H2,(H,9,10). The third-order valence-corrected chi connectivity index (χ3v) is 3.17. The van der Waals surface area contributed by atoms with E-state index in [9.17, 15) is 8.42 Å². The summed E-state index contributed by atoms with van der Waals surface area (Å²) in [5, 5.41) is 6.00. The maximum Gasteiger partial charge on any atom is 0.244 e. The van der Waals surface area contributed by atoms with Crippen LogP contribution in [0.2, 0.25) is 0 Å². The van der Waals surface area contributed by atoms with Crippen molar-refractivity contribution in [3.8, 4) is 0 Å². The van der Waals surface area contributed by atoms with Gasteiger partial charge in [-0.2, -0.15) is 5.10 Å². The number of H-pyrrole nitrogens is 1. The summed E-state index contributed by atoms with van der Waals surface area (Å²) in [6, 6.07) is 3.39. The predicted octanol–water partition coefficient (Wildman–Crippen LogP) is 0.481. The van der Waals surface area contributed by atoms with Crippen molar-refractivity contribution in [1.29, 1.82) is 0 Å². The molecule has 0 saturated heterocycles. The lowest BCUT2D eigenvalue weighted by Crippen LogP contribution is -2.22. The number of rotatable bonds is 4. The molecule has 0 unspecified atom stereocenters. The predicted molar refractivity (Wildman–Crippen MR) is 51.3 cm³/mol. The Morgan fingerprint density at radius 1 is 1.53 bits per heavy atom. The van der Waals surface area contributed by atoms with Gasteiger partial charge >= 0.3 is 0 Å². The Balaban J connectivity index is 2.06. The maximum absolute atomic E-state index is 11.6. The Bertz CT molecular complexity index is 501. The highest BCUT2D eigenvalue weighted by Gasteiger charge is 2.14. The molecule has 0 atom stereocenters. The zero-order chi connectivity index (χ0) is 10.7. The van der Waals surface area contributed by atoms with Crippen molar-refractivity contribution in [2.24, 2.45) is 0 Å². The molecule has 2 aromatic heterocycles. The molecule has 0 aliphatic carbocycles. The Morgan fingerprint density at radius 2 is 2.40 bits per heavy atom. The van der Waals surface area contributed by atoms with E-state index >= 15 is 0 Å². The highest BCUT2D eigenvalue weighted by atomic mass is 32.2. The number of sulfonamides is 1. The summed E-state index contributed by atoms with van der Waals surface area (Å²) in [4.78, 5) is 0.106. The largest absolute Gasteiger partial charge is 0.468 e. The first-order valence-electron chi connectivity index (χ1n) is 4.19. The average Bonchev–Trinajstić information content (AvgIpc) is 2.88. The molecule has 2 N–H and O–H groups in total. The zero-order valence-corrected chi connectivity index (χ0v) is 8.49. The minimum atomic E-state index is -3.50. The SMILES string of the molecule is O=S(=O)(NCc1ccco1)c1cn[nH]c1. The van der Waals surface area contributed by atoms with Gasteiger partial charge in [0, 0.05) is 6.20 Å². The van der Waals surface area contributed by atoms with Gasteiger partial charge in [-0.15, -0.1) is 0 Å². The van der Waals surface area contributed by atoms with Gasteiger partial charge in [-0.1, -0.05) is 0 Å². The highest BCUT2D eigenvalue weighted by Crippen LogP contribution is 2.06. The number of aromatic amines is 1. The van der Waals surface area contributed by atoms with Crippen molar-refractivity contribution in [3.63, 3.8) is 0 Å². The van der Waals surface area contributed by atoms with E-state index in [1.807, 2.05) is 0 Å². The number of hydrogen-bond acceptors (Lipinski definition) is 4. The van der Waals surface area contributed by atoms with Crippen molar-refractivity contribution >= 4 is 10.0 Å². The summed E-state index contributed by atoms with van der Waals surface area (Å²) < 4.78 is 30.5. The normalized spacial score (nSPS) is 11.7.